The quantitative estimate of drug-likeness (QED) is 0.395. The van der Waals surface area contributed by atoms with Gasteiger partial charge in [0.15, 0.2) is 4.93 Å². The Morgan fingerprint density at radius 1 is 0.885 bits per heavy atom. The SMILES string of the molecule is Brc1ccc(C2CCOC2(SSC2CCCO2)c2ccc(Br)cc2)cc1. The molecule has 3 unspecified atom stereocenters. The van der Waals surface area contributed by atoms with Gasteiger partial charge in [-0.25, -0.2) is 0 Å². The fourth-order valence-electron chi connectivity index (χ4n) is 3.55. The second-order valence-electron chi connectivity index (χ2n) is 6.54. The van der Waals surface area contributed by atoms with Gasteiger partial charge in [-0.05, 0) is 54.7 Å². The highest BCUT2D eigenvalue weighted by Crippen LogP contribution is 2.59. The molecule has 2 nitrogen and oxygen atoms in total. The van der Waals surface area contributed by atoms with Gasteiger partial charge in [-0.15, -0.1) is 0 Å². The van der Waals surface area contributed by atoms with Gasteiger partial charge in [0.1, 0.15) is 5.44 Å². The number of rotatable bonds is 5. The highest BCUT2D eigenvalue weighted by atomic mass is 79.9. The normalized spacial score (nSPS) is 28.5. The third-order valence-corrected chi connectivity index (χ3v) is 9.17. The molecule has 0 aliphatic carbocycles. The molecule has 6 heteroatoms. The van der Waals surface area contributed by atoms with Gasteiger partial charge in [-0.2, -0.15) is 0 Å². The minimum absolute atomic E-state index is 0.266. The zero-order valence-electron chi connectivity index (χ0n) is 14.2. The average Bonchev–Trinajstić information content (AvgIpc) is 3.32. The topological polar surface area (TPSA) is 18.5 Å². The maximum absolute atomic E-state index is 6.48. The third-order valence-electron chi connectivity index (χ3n) is 4.87. The number of ether oxygens (including phenoxy) is 2. The van der Waals surface area contributed by atoms with Gasteiger partial charge in [0.2, 0.25) is 0 Å². The van der Waals surface area contributed by atoms with Crippen molar-refractivity contribution in [3.05, 3.63) is 68.6 Å². The summed E-state index contributed by atoms with van der Waals surface area (Å²) in [6.07, 6.45) is 3.30. The molecular weight excluding hydrogens is 496 g/mol. The molecule has 2 aliphatic rings. The molecular formula is C20H20Br2O2S2. The van der Waals surface area contributed by atoms with Gasteiger partial charge < -0.3 is 9.47 Å². The Morgan fingerprint density at radius 2 is 1.58 bits per heavy atom. The Morgan fingerprint density at radius 3 is 2.23 bits per heavy atom. The minimum Gasteiger partial charge on any atom is -0.367 e. The lowest BCUT2D eigenvalue weighted by atomic mass is 9.88. The van der Waals surface area contributed by atoms with Gasteiger partial charge in [0.25, 0.3) is 0 Å². The van der Waals surface area contributed by atoms with E-state index in [2.05, 4.69) is 80.4 Å². The van der Waals surface area contributed by atoms with Crippen LogP contribution in [0.4, 0.5) is 0 Å². The molecule has 2 aromatic rings. The summed E-state index contributed by atoms with van der Waals surface area (Å²) in [6, 6.07) is 17.3. The largest absolute Gasteiger partial charge is 0.367 e. The van der Waals surface area contributed by atoms with Crippen molar-refractivity contribution in [2.24, 2.45) is 0 Å². The van der Waals surface area contributed by atoms with Crippen LogP contribution in [0.2, 0.25) is 0 Å². The van der Waals surface area contributed by atoms with Crippen molar-refractivity contribution in [3.8, 4) is 0 Å². The Hall–Kier alpha value is 0.0200. The Kier molecular flexibility index (Phi) is 6.38. The highest BCUT2D eigenvalue weighted by Gasteiger charge is 2.48. The van der Waals surface area contributed by atoms with Crippen molar-refractivity contribution in [2.75, 3.05) is 13.2 Å². The van der Waals surface area contributed by atoms with Gasteiger partial charge in [-0.1, -0.05) is 77.7 Å². The third kappa shape index (κ3) is 4.06. The summed E-state index contributed by atoms with van der Waals surface area (Å²) in [5.41, 5.74) is 2.82. The van der Waals surface area contributed by atoms with E-state index in [0.717, 1.165) is 41.4 Å². The Bertz CT molecular complexity index is 732. The zero-order chi connectivity index (χ0) is 18.0. The first-order valence-corrected chi connectivity index (χ1v) is 12.6. The zero-order valence-corrected chi connectivity index (χ0v) is 19.0. The van der Waals surface area contributed by atoms with E-state index in [1.54, 1.807) is 0 Å². The summed E-state index contributed by atoms with van der Waals surface area (Å²) in [7, 11) is 3.67. The molecule has 4 rings (SSSR count). The van der Waals surface area contributed by atoms with Gasteiger partial charge in [0, 0.05) is 28.1 Å². The molecule has 2 heterocycles. The van der Waals surface area contributed by atoms with Crippen LogP contribution in [0.3, 0.4) is 0 Å². The molecule has 3 atom stereocenters. The van der Waals surface area contributed by atoms with Crippen LogP contribution in [0.5, 0.6) is 0 Å². The van der Waals surface area contributed by atoms with E-state index in [4.69, 9.17) is 9.47 Å². The number of hydrogen-bond donors (Lipinski definition) is 0. The molecule has 0 N–H and O–H groups in total. The van der Waals surface area contributed by atoms with Crippen molar-refractivity contribution < 1.29 is 9.47 Å². The highest BCUT2D eigenvalue weighted by molar-refractivity contribution is 9.10. The van der Waals surface area contributed by atoms with Crippen LogP contribution in [-0.2, 0) is 14.4 Å². The summed E-state index contributed by atoms with van der Waals surface area (Å²) in [5, 5.41) is 0. The molecule has 0 amide bonds. The number of halogens is 2. The lowest BCUT2D eigenvalue weighted by Gasteiger charge is -2.35. The van der Waals surface area contributed by atoms with Crippen LogP contribution in [0.1, 0.15) is 36.3 Å². The minimum atomic E-state index is -0.384. The fraction of sp³-hybridized carbons (Fsp3) is 0.400. The summed E-state index contributed by atoms with van der Waals surface area (Å²) >= 11 is 7.10. The Balaban J connectivity index is 1.68. The van der Waals surface area contributed by atoms with Crippen molar-refractivity contribution in [3.63, 3.8) is 0 Å². The van der Waals surface area contributed by atoms with Crippen LogP contribution in [-0.4, -0.2) is 18.6 Å². The molecule has 26 heavy (non-hydrogen) atoms. The number of benzene rings is 2. The lowest BCUT2D eigenvalue weighted by molar-refractivity contribution is 0.0732. The van der Waals surface area contributed by atoms with Crippen LogP contribution in [0.15, 0.2) is 57.5 Å². The molecule has 0 saturated carbocycles. The maximum Gasteiger partial charge on any atom is 0.155 e. The molecule has 0 bridgehead atoms. The maximum atomic E-state index is 6.48. The summed E-state index contributed by atoms with van der Waals surface area (Å²) in [4.78, 5) is -0.384. The average molecular weight is 516 g/mol. The van der Waals surface area contributed by atoms with E-state index < -0.39 is 0 Å². The van der Waals surface area contributed by atoms with Crippen LogP contribution >= 0.6 is 53.4 Å². The summed E-state index contributed by atoms with van der Waals surface area (Å²) in [6.45, 7) is 1.65. The van der Waals surface area contributed by atoms with E-state index >= 15 is 0 Å². The fourth-order valence-corrected chi connectivity index (χ4v) is 7.46. The predicted molar refractivity (Wildman–Crippen MR) is 117 cm³/mol. The van der Waals surface area contributed by atoms with Gasteiger partial charge in [0.05, 0.1) is 0 Å². The van der Waals surface area contributed by atoms with Gasteiger partial charge in [-0.3, -0.25) is 0 Å². The smallest absolute Gasteiger partial charge is 0.155 e. The first kappa shape index (κ1) is 19.3. The van der Waals surface area contributed by atoms with Crippen LogP contribution in [0, 0.1) is 0 Å². The lowest BCUT2D eigenvalue weighted by Crippen LogP contribution is -2.27. The van der Waals surface area contributed by atoms with E-state index in [9.17, 15) is 0 Å². The Labute approximate surface area is 179 Å². The predicted octanol–water partition coefficient (Wildman–Crippen LogP) is 7.09. The van der Waals surface area contributed by atoms with E-state index in [0.29, 0.717) is 5.92 Å². The van der Waals surface area contributed by atoms with E-state index in [1.165, 1.54) is 11.1 Å². The second-order valence-corrected chi connectivity index (χ2v) is 10.9. The molecule has 2 fully saturated rings. The molecule has 0 radical (unpaired) electrons. The molecule has 2 aromatic carbocycles. The molecule has 138 valence electrons. The van der Waals surface area contributed by atoms with Crippen molar-refractivity contribution in [2.45, 2.75) is 35.5 Å². The van der Waals surface area contributed by atoms with E-state index in [1.807, 2.05) is 21.6 Å². The first-order chi connectivity index (χ1) is 12.7. The van der Waals surface area contributed by atoms with Crippen molar-refractivity contribution >= 4 is 53.4 Å². The van der Waals surface area contributed by atoms with E-state index in [-0.39, 0.29) is 10.4 Å². The van der Waals surface area contributed by atoms with Crippen LogP contribution < -0.4 is 0 Å². The molecule has 2 aliphatic heterocycles. The second kappa shape index (κ2) is 8.58. The van der Waals surface area contributed by atoms with Gasteiger partial charge >= 0.3 is 0 Å². The molecule has 0 spiro atoms. The molecule has 0 aromatic heterocycles. The molecule has 2 saturated heterocycles. The summed E-state index contributed by atoms with van der Waals surface area (Å²) < 4.78 is 14.5. The first-order valence-electron chi connectivity index (χ1n) is 8.79. The monoisotopic (exact) mass is 514 g/mol. The van der Waals surface area contributed by atoms with Crippen molar-refractivity contribution in [1.29, 1.82) is 0 Å². The summed E-state index contributed by atoms with van der Waals surface area (Å²) in [5.74, 6) is 0.315. The van der Waals surface area contributed by atoms with Crippen molar-refractivity contribution in [1.82, 2.24) is 0 Å². The standard InChI is InChI=1S/C20H20Br2O2S2/c21-16-7-3-14(4-8-16)18-11-13-24-20(18,15-5-9-17(22)10-6-15)26-25-19-2-1-12-23-19/h3-10,18-19H,1-2,11-13H2. The number of hydrogen-bond acceptors (Lipinski definition) is 4. The van der Waals surface area contributed by atoms with Crippen LogP contribution in [0.25, 0.3) is 0 Å².